The van der Waals surface area contributed by atoms with Gasteiger partial charge in [0, 0.05) is 31.5 Å². The second-order valence-corrected chi connectivity index (χ2v) is 9.61. The zero-order valence-electron chi connectivity index (χ0n) is 18.2. The van der Waals surface area contributed by atoms with E-state index in [1.807, 2.05) is 6.07 Å². The van der Waals surface area contributed by atoms with Crippen LogP contribution < -0.4 is 5.73 Å². The van der Waals surface area contributed by atoms with Gasteiger partial charge in [0.2, 0.25) is 5.91 Å². The van der Waals surface area contributed by atoms with Crippen molar-refractivity contribution in [2.24, 2.45) is 5.73 Å². The second kappa shape index (κ2) is 10.5. The molecule has 9 heteroatoms. The molecule has 0 radical (unpaired) electrons. The number of piperazine rings is 1. The average Bonchev–Trinajstić information content (AvgIpc) is 3.31. The van der Waals surface area contributed by atoms with E-state index in [9.17, 15) is 4.79 Å². The smallest absolute Gasteiger partial charge is 0.227 e. The van der Waals surface area contributed by atoms with Gasteiger partial charge in [0.05, 0.1) is 47.8 Å². The highest BCUT2D eigenvalue weighted by Crippen LogP contribution is 2.30. The maximum atomic E-state index is 13.5. The minimum atomic E-state index is 0.0404. The van der Waals surface area contributed by atoms with Crippen LogP contribution in [0.25, 0.3) is 0 Å². The predicted molar refractivity (Wildman–Crippen MR) is 127 cm³/mol. The number of hydrogen-bond donors (Lipinski definition) is 2. The van der Waals surface area contributed by atoms with E-state index in [1.54, 1.807) is 18.2 Å². The van der Waals surface area contributed by atoms with E-state index in [2.05, 4.69) is 14.7 Å². The Balaban J connectivity index is 1.57. The lowest BCUT2D eigenvalue weighted by molar-refractivity contribution is -0.151. The minimum Gasteiger partial charge on any atom is -0.401 e. The number of allylic oxidation sites excluding steroid dienone is 1. The molecule has 3 N–H and O–H groups in total. The molecule has 7 nitrogen and oxygen atoms in total. The Kier molecular flexibility index (Phi) is 7.74. The van der Waals surface area contributed by atoms with E-state index in [0.717, 1.165) is 25.2 Å². The molecule has 0 bridgehead atoms. The van der Waals surface area contributed by atoms with Crippen LogP contribution in [0.4, 0.5) is 0 Å². The van der Waals surface area contributed by atoms with Crippen LogP contribution in [0, 0.1) is 5.41 Å². The SMILES string of the molecule is N=C/C=C(\N)CN1CCN(C(=O)Cc2ccc(Cl)c(Cl)c2)C2C1COC[C@@H]2N1CCCC1. The number of amides is 1. The Labute approximate surface area is 199 Å². The van der Waals surface area contributed by atoms with Crippen LogP contribution in [-0.2, 0) is 16.0 Å². The van der Waals surface area contributed by atoms with Crippen LogP contribution in [0.2, 0.25) is 10.0 Å². The molecule has 2 unspecified atom stereocenters. The summed E-state index contributed by atoms with van der Waals surface area (Å²) in [5.74, 6) is 0.104. The highest BCUT2D eigenvalue weighted by atomic mass is 35.5. The summed E-state index contributed by atoms with van der Waals surface area (Å²) in [6.07, 6.45) is 5.50. The highest BCUT2D eigenvalue weighted by Gasteiger charge is 2.47. The first-order valence-electron chi connectivity index (χ1n) is 11.2. The fraction of sp³-hybridized carbons (Fsp3) is 0.565. The predicted octanol–water partition coefficient (Wildman–Crippen LogP) is 2.40. The highest BCUT2D eigenvalue weighted by molar-refractivity contribution is 6.42. The zero-order valence-corrected chi connectivity index (χ0v) is 19.7. The lowest BCUT2D eigenvalue weighted by Gasteiger charge is -2.54. The molecule has 4 rings (SSSR count). The number of nitrogens with one attached hydrogen (secondary N) is 1. The second-order valence-electron chi connectivity index (χ2n) is 8.80. The van der Waals surface area contributed by atoms with Crippen molar-refractivity contribution in [1.82, 2.24) is 14.7 Å². The molecule has 1 aromatic rings. The molecule has 0 aliphatic carbocycles. The molecule has 1 amide bonds. The van der Waals surface area contributed by atoms with Gasteiger partial charge in [0.1, 0.15) is 0 Å². The molecule has 3 fully saturated rings. The summed E-state index contributed by atoms with van der Waals surface area (Å²) in [5.41, 5.74) is 7.65. The quantitative estimate of drug-likeness (QED) is 0.611. The third-order valence-electron chi connectivity index (χ3n) is 6.78. The average molecular weight is 480 g/mol. The largest absolute Gasteiger partial charge is 0.401 e. The zero-order chi connectivity index (χ0) is 22.7. The number of nitrogens with two attached hydrogens (primary N) is 1. The van der Waals surface area contributed by atoms with Crippen molar-refractivity contribution in [1.29, 1.82) is 5.41 Å². The van der Waals surface area contributed by atoms with Crippen molar-refractivity contribution in [3.63, 3.8) is 0 Å². The summed E-state index contributed by atoms with van der Waals surface area (Å²) in [5, 5.41) is 8.26. The first kappa shape index (κ1) is 23.5. The number of carbonyl (C=O) groups excluding carboxylic acids is 1. The van der Waals surface area contributed by atoms with Gasteiger partial charge in [0.25, 0.3) is 0 Å². The summed E-state index contributed by atoms with van der Waals surface area (Å²) in [7, 11) is 0. The summed E-state index contributed by atoms with van der Waals surface area (Å²) in [4.78, 5) is 20.4. The number of benzene rings is 1. The Morgan fingerprint density at radius 3 is 2.59 bits per heavy atom. The molecule has 32 heavy (non-hydrogen) atoms. The molecular weight excluding hydrogens is 449 g/mol. The van der Waals surface area contributed by atoms with E-state index in [4.69, 9.17) is 39.1 Å². The third kappa shape index (κ3) is 5.13. The molecule has 3 saturated heterocycles. The van der Waals surface area contributed by atoms with Gasteiger partial charge in [-0.15, -0.1) is 0 Å². The topological polar surface area (TPSA) is 85.9 Å². The molecule has 174 valence electrons. The van der Waals surface area contributed by atoms with E-state index >= 15 is 0 Å². The molecule has 3 atom stereocenters. The number of halogens is 2. The third-order valence-corrected chi connectivity index (χ3v) is 7.51. The molecule has 3 heterocycles. The van der Waals surface area contributed by atoms with Crippen LogP contribution in [0.5, 0.6) is 0 Å². The van der Waals surface area contributed by atoms with Gasteiger partial charge < -0.3 is 20.8 Å². The monoisotopic (exact) mass is 479 g/mol. The van der Waals surface area contributed by atoms with Gasteiger partial charge >= 0.3 is 0 Å². The molecule has 3 aliphatic rings. The van der Waals surface area contributed by atoms with Crippen molar-refractivity contribution < 1.29 is 9.53 Å². The maximum Gasteiger partial charge on any atom is 0.227 e. The lowest BCUT2D eigenvalue weighted by atomic mass is 9.90. The Morgan fingerprint density at radius 2 is 1.88 bits per heavy atom. The van der Waals surface area contributed by atoms with Gasteiger partial charge in [-0.05, 0) is 49.7 Å². The molecule has 3 aliphatic heterocycles. The number of carbonyl (C=O) groups is 1. The van der Waals surface area contributed by atoms with Gasteiger partial charge in [-0.25, -0.2) is 0 Å². The van der Waals surface area contributed by atoms with Gasteiger partial charge in [-0.3, -0.25) is 14.6 Å². The van der Waals surface area contributed by atoms with Crippen LogP contribution >= 0.6 is 23.2 Å². The van der Waals surface area contributed by atoms with E-state index in [1.165, 1.54) is 19.1 Å². The molecule has 0 aromatic heterocycles. The van der Waals surface area contributed by atoms with Gasteiger partial charge in [-0.2, -0.15) is 0 Å². The first-order chi connectivity index (χ1) is 15.5. The molecule has 1 aromatic carbocycles. The van der Waals surface area contributed by atoms with Crippen molar-refractivity contribution in [3.8, 4) is 0 Å². The van der Waals surface area contributed by atoms with Crippen LogP contribution in [-0.4, -0.2) is 90.9 Å². The lowest BCUT2D eigenvalue weighted by Crippen LogP contribution is -2.71. The van der Waals surface area contributed by atoms with Crippen molar-refractivity contribution in [2.45, 2.75) is 37.4 Å². The van der Waals surface area contributed by atoms with Crippen molar-refractivity contribution >= 4 is 35.3 Å². The fourth-order valence-corrected chi connectivity index (χ4v) is 5.57. The number of likely N-dealkylation sites (tertiary alicyclic amines) is 1. The van der Waals surface area contributed by atoms with E-state index in [-0.39, 0.29) is 24.0 Å². The van der Waals surface area contributed by atoms with E-state index < -0.39 is 0 Å². The van der Waals surface area contributed by atoms with Crippen LogP contribution in [0.3, 0.4) is 0 Å². The maximum absolute atomic E-state index is 13.5. The molecule has 0 spiro atoms. The number of rotatable bonds is 6. The number of hydrogen-bond acceptors (Lipinski definition) is 6. The van der Waals surface area contributed by atoms with Crippen LogP contribution in [0.15, 0.2) is 30.0 Å². The summed E-state index contributed by atoms with van der Waals surface area (Å²) >= 11 is 12.2. The van der Waals surface area contributed by atoms with Crippen molar-refractivity contribution in [2.75, 3.05) is 45.9 Å². The summed E-state index contributed by atoms with van der Waals surface area (Å²) in [6, 6.07) is 5.67. The van der Waals surface area contributed by atoms with Crippen molar-refractivity contribution in [3.05, 3.63) is 45.6 Å². The van der Waals surface area contributed by atoms with Gasteiger partial charge in [0.15, 0.2) is 0 Å². The van der Waals surface area contributed by atoms with E-state index in [0.29, 0.717) is 48.5 Å². The minimum absolute atomic E-state index is 0.0404. The first-order valence-corrected chi connectivity index (χ1v) is 12.0. The van der Waals surface area contributed by atoms with Crippen LogP contribution in [0.1, 0.15) is 18.4 Å². The Hall–Kier alpha value is -1.64. The number of fused-ring (bicyclic) bond motifs is 1. The number of ether oxygens (including phenoxy) is 1. The summed E-state index contributed by atoms with van der Waals surface area (Å²) < 4.78 is 6.05. The standard InChI is InChI=1S/C23H31Cl2N5O2/c24-18-4-3-16(11-19(18)25)12-22(31)30-10-9-29(13-17(27)5-6-26)21-15-32-14-20(23(21)30)28-7-1-2-8-28/h3-6,11,20-21,23,26H,1-2,7-10,12-15,27H2/b17-5-,26-6?/t20-,21?,23?/m0/s1. The van der Waals surface area contributed by atoms with Gasteiger partial charge in [-0.1, -0.05) is 29.3 Å². The Morgan fingerprint density at radius 1 is 1.12 bits per heavy atom. The molecular formula is C23H31Cl2N5O2. The molecule has 0 saturated carbocycles. The summed E-state index contributed by atoms with van der Waals surface area (Å²) in [6.45, 7) is 5.23. The Bertz CT molecular complexity index is 874. The normalized spacial score (nSPS) is 27.4. The number of nitrogens with zero attached hydrogens (tertiary/aromatic N) is 3. The fourth-order valence-electron chi connectivity index (χ4n) is 5.25.